The number of carbonyl (C=O) groups excluding carboxylic acids is 3. The predicted molar refractivity (Wildman–Crippen MR) is 60.0 cm³/mol. The summed E-state index contributed by atoms with van der Waals surface area (Å²) in [5.74, 6) is -0.738. The third kappa shape index (κ3) is 3.76. The Morgan fingerprint density at radius 1 is 1.19 bits per heavy atom. The minimum Gasteiger partial charge on any atom is -0.465 e. The van der Waals surface area contributed by atoms with Gasteiger partial charge in [-0.05, 0) is 27.2 Å². The molecule has 0 saturated carbocycles. The van der Waals surface area contributed by atoms with Crippen LogP contribution in [-0.4, -0.2) is 24.1 Å². The fourth-order valence-electron chi connectivity index (χ4n) is 1.28. The Hall–Kier alpha value is -1.19. The van der Waals surface area contributed by atoms with Crippen molar-refractivity contribution in [3.05, 3.63) is 0 Å². The molecule has 0 aliphatic heterocycles. The van der Waals surface area contributed by atoms with Crippen LogP contribution in [0.25, 0.3) is 0 Å². The summed E-state index contributed by atoms with van der Waals surface area (Å²) in [5.41, 5.74) is -1.18. The molecule has 0 aromatic rings. The van der Waals surface area contributed by atoms with E-state index >= 15 is 0 Å². The van der Waals surface area contributed by atoms with Crippen LogP contribution >= 0.6 is 0 Å². The van der Waals surface area contributed by atoms with Crippen LogP contribution < -0.4 is 0 Å². The smallest absolute Gasteiger partial charge is 0.319 e. The number of carbonyl (C=O) groups is 3. The van der Waals surface area contributed by atoms with Gasteiger partial charge in [-0.1, -0.05) is 6.92 Å². The first-order valence-electron chi connectivity index (χ1n) is 5.58. The van der Waals surface area contributed by atoms with Crippen LogP contribution in [0.3, 0.4) is 0 Å². The highest BCUT2D eigenvalue weighted by atomic mass is 16.5. The molecule has 0 aromatic carbocycles. The number of hydrogen-bond donors (Lipinski definition) is 0. The first-order valence-corrected chi connectivity index (χ1v) is 5.58. The molecule has 0 bridgehead atoms. The number of ketones is 2. The minimum absolute atomic E-state index is 0.0526. The highest BCUT2D eigenvalue weighted by Crippen LogP contribution is 2.26. The molecule has 0 rings (SSSR count). The Morgan fingerprint density at radius 3 is 2.12 bits per heavy atom. The highest BCUT2D eigenvalue weighted by molar-refractivity contribution is 6.02. The van der Waals surface area contributed by atoms with Crippen LogP contribution in [-0.2, 0) is 19.1 Å². The van der Waals surface area contributed by atoms with Crippen molar-refractivity contribution >= 4 is 17.5 Å². The van der Waals surface area contributed by atoms with Gasteiger partial charge in [0.1, 0.15) is 17.0 Å². The van der Waals surface area contributed by atoms with Crippen LogP contribution in [0, 0.1) is 5.41 Å². The molecule has 0 N–H and O–H groups in total. The van der Waals surface area contributed by atoms with Gasteiger partial charge in [0.15, 0.2) is 0 Å². The summed E-state index contributed by atoms with van der Waals surface area (Å²) >= 11 is 0. The molecular weight excluding hydrogens is 208 g/mol. The van der Waals surface area contributed by atoms with E-state index in [1.807, 2.05) is 0 Å². The van der Waals surface area contributed by atoms with E-state index in [1.54, 1.807) is 13.8 Å². The topological polar surface area (TPSA) is 60.4 Å². The lowest BCUT2D eigenvalue weighted by atomic mass is 9.81. The van der Waals surface area contributed by atoms with Crippen molar-refractivity contribution in [1.29, 1.82) is 0 Å². The Balaban J connectivity index is 4.64. The first kappa shape index (κ1) is 14.8. The van der Waals surface area contributed by atoms with Gasteiger partial charge in [0.25, 0.3) is 0 Å². The Kier molecular flexibility index (Phi) is 5.93. The van der Waals surface area contributed by atoms with Crippen molar-refractivity contribution in [2.45, 2.75) is 47.0 Å². The summed E-state index contributed by atoms with van der Waals surface area (Å²) in [5, 5.41) is 0. The number of ether oxygens (including phenoxy) is 1. The molecule has 0 saturated heterocycles. The Morgan fingerprint density at radius 2 is 1.75 bits per heavy atom. The van der Waals surface area contributed by atoms with Gasteiger partial charge < -0.3 is 4.74 Å². The van der Waals surface area contributed by atoms with Gasteiger partial charge in [-0.2, -0.15) is 0 Å². The van der Waals surface area contributed by atoms with E-state index in [4.69, 9.17) is 4.74 Å². The lowest BCUT2D eigenvalue weighted by Crippen LogP contribution is -2.37. The summed E-state index contributed by atoms with van der Waals surface area (Å²) in [7, 11) is 0. The average Bonchev–Trinajstić information content (AvgIpc) is 2.25. The van der Waals surface area contributed by atoms with E-state index in [0.29, 0.717) is 6.42 Å². The molecule has 0 aliphatic rings. The number of rotatable bonds is 7. The van der Waals surface area contributed by atoms with Gasteiger partial charge in [0, 0.05) is 12.8 Å². The van der Waals surface area contributed by atoms with Crippen molar-refractivity contribution in [3.8, 4) is 0 Å². The second-order valence-corrected chi connectivity index (χ2v) is 4.00. The summed E-state index contributed by atoms with van der Waals surface area (Å²) < 4.78 is 4.86. The second-order valence-electron chi connectivity index (χ2n) is 4.00. The number of Topliss-reactive ketones (excluding diaryl/α,β-unsaturated/α-hetero) is 2. The maximum atomic E-state index is 11.7. The Labute approximate surface area is 96.4 Å². The average molecular weight is 228 g/mol. The first-order chi connectivity index (χ1) is 7.38. The fraction of sp³-hybridized carbons (Fsp3) is 0.750. The predicted octanol–water partition coefficient (Wildman–Crippen LogP) is 1.90. The van der Waals surface area contributed by atoms with E-state index < -0.39 is 11.4 Å². The number of hydrogen-bond acceptors (Lipinski definition) is 4. The molecule has 1 atom stereocenters. The summed E-state index contributed by atoms with van der Waals surface area (Å²) in [6.45, 7) is 6.58. The van der Waals surface area contributed by atoms with E-state index in [0.717, 1.165) is 0 Å². The zero-order chi connectivity index (χ0) is 12.8. The maximum Gasteiger partial charge on any atom is 0.319 e. The van der Waals surface area contributed by atoms with Gasteiger partial charge >= 0.3 is 5.97 Å². The number of esters is 1. The Bertz CT molecular complexity index is 283. The van der Waals surface area contributed by atoms with E-state index in [-0.39, 0.29) is 31.0 Å². The van der Waals surface area contributed by atoms with Gasteiger partial charge in [-0.3, -0.25) is 14.4 Å². The van der Waals surface area contributed by atoms with Crippen LogP contribution in [0.15, 0.2) is 0 Å². The second kappa shape index (κ2) is 6.40. The molecule has 4 heteroatoms. The molecule has 0 heterocycles. The van der Waals surface area contributed by atoms with Crippen molar-refractivity contribution in [2.75, 3.05) is 6.61 Å². The van der Waals surface area contributed by atoms with E-state index in [9.17, 15) is 14.4 Å². The standard InChI is InChI=1S/C12H20O4/c1-5-10(14)7-8-12(4,9(3)13)11(15)16-6-2/h5-8H2,1-4H3. The molecule has 92 valence electrons. The maximum absolute atomic E-state index is 11.7. The lowest BCUT2D eigenvalue weighted by Gasteiger charge is -2.23. The van der Waals surface area contributed by atoms with Gasteiger partial charge in [-0.15, -0.1) is 0 Å². The molecule has 0 amide bonds. The van der Waals surface area contributed by atoms with Crippen LogP contribution in [0.2, 0.25) is 0 Å². The molecule has 0 spiro atoms. The van der Waals surface area contributed by atoms with Crippen molar-refractivity contribution < 1.29 is 19.1 Å². The fourth-order valence-corrected chi connectivity index (χ4v) is 1.28. The molecule has 0 aliphatic carbocycles. The lowest BCUT2D eigenvalue weighted by molar-refractivity contribution is -0.159. The van der Waals surface area contributed by atoms with Crippen molar-refractivity contribution in [1.82, 2.24) is 0 Å². The largest absolute Gasteiger partial charge is 0.465 e. The van der Waals surface area contributed by atoms with Crippen LogP contribution in [0.4, 0.5) is 0 Å². The SMILES string of the molecule is CCOC(=O)C(C)(CCC(=O)CC)C(C)=O. The molecule has 4 nitrogen and oxygen atoms in total. The van der Waals surface area contributed by atoms with Gasteiger partial charge in [-0.25, -0.2) is 0 Å². The van der Waals surface area contributed by atoms with Crippen molar-refractivity contribution in [3.63, 3.8) is 0 Å². The third-order valence-electron chi connectivity index (χ3n) is 2.80. The molecule has 0 fully saturated rings. The molecule has 0 radical (unpaired) electrons. The van der Waals surface area contributed by atoms with Crippen LogP contribution in [0.5, 0.6) is 0 Å². The zero-order valence-electron chi connectivity index (χ0n) is 10.5. The van der Waals surface area contributed by atoms with Crippen LogP contribution in [0.1, 0.15) is 47.0 Å². The molecule has 16 heavy (non-hydrogen) atoms. The summed E-state index contributed by atoms with van der Waals surface area (Å²) in [6.07, 6.45) is 0.899. The normalized spacial score (nSPS) is 14.0. The van der Waals surface area contributed by atoms with E-state index in [2.05, 4.69) is 0 Å². The monoisotopic (exact) mass is 228 g/mol. The minimum atomic E-state index is -1.18. The summed E-state index contributed by atoms with van der Waals surface area (Å²) in [4.78, 5) is 34.3. The van der Waals surface area contributed by atoms with Gasteiger partial charge in [0.05, 0.1) is 6.61 Å². The molecule has 0 aromatic heterocycles. The quantitative estimate of drug-likeness (QED) is 0.493. The third-order valence-corrected chi connectivity index (χ3v) is 2.80. The highest BCUT2D eigenvalue weighted by Gasteiger charge is 2.39. The van der Waals surface area contributed by atoms with Crippen molar-refractivity contribution in [2.24, 2.45) is 5.41 Å². The molecular formula is C12H20O4. The van der Waals surface area contributed by atoms with Gasteiger partial charge in [0.2, 0.25) is 0 Å². The summed E-state index contributed by atoms with van der Waals surface area (Å²) in [6, 6.07) is 0. The molecule has 1 unspecified atom stereocenters. The van der Waals surface area contributed by atoms with E-state index in [1.165, 1.54) is 13.8 Å². The zero-order valence-corrected chi connectivity index (χ0v) is 10.5.